The Kier molecular flexibility index (Phi) is 5.39. The number of nitrogens with zero attached hydrogens (tertiary/aromatic N) is 1. The number of aliphatic carboxylic acids is 1. The lowest BCUT2D eigenvalue weighted by atomic mass is 10.0. The summed E-state index contributed by atoms with van der Waals surface area (Å²) in [6.45, 7) is 2.55. The first-order valence-electron chi connectivity index (χ1n) is 8.65. The molecular formula is C20H19F2NO4. The van der Waals surface area contributed by atoms with E-state index in [1.807, 2.05) is 0 Å². The molecule has 0 saturated carbocycles. The van der Waals surface area contributed by atoms with E-state index in [0.717, 1.165) is 31.0 Å². The van der Waals surface area contributed by atoms with Gasteiger partial charge in [-0.2, -0.15) is 0 Å². The molecule has 1 fully saturated rings. The van der Waals surface area contributed by atoms with Crippen LogP contribution in [0.3, 0.4) is 0 Å². The van der Waals surface area contributed by atoms with Crippen LogP contribution in [0.25, 0.3) is 11.1 Å². The Bertz CT molecular complexity index is 878. The zero-order valence-corrected chi connectivity index (χ0v) is 14.7. The van der Waals surface area contributed by atoms with Crippen molar-refractivity contribution in [3.8, 4) is 16.9 Å². The van der Waals surface area contributed by atoms with Crippen LogP contribution in [0.4, 0.5) is 8.78 Å². The molecule has 1 amide bonds. The van der Waals surface area contributed by atoms with Gasteiger partial charge in [-0.05, 0) is 55.7 Å². The van der Waals surface area contributed by atoms with Crippen LogP contribution in [0.5, 0.6) is 5.75 Å². The number of amides is 1. The van der Waals surface area contributed by atoms with Crippen molar-refractivity contribution in [2.75, 3.05) is 13.1 Å². The van der Waals surface area contributed by atoms with Crippen molar-refractivity contribution in [3.63, 3.8) is 0 Å². The van der Waals surface area contributed by atoms with E-state index in [1.54, 1.807) is 4.90 Å². The van der Waals surface area contributed by atoms with Gasteiger partial charge in [0.25, 0.3) is 5.91 Å². The summed E-state index contributed by atoms with van der Waals surface area (Å²) >= 11 is 0. The van der Waals surface area contributed by atoms with Gasteiger partial charge in [0, 0.05) is 18.7 Å². The predicted octanol–water partition coefficient (Wildman–Crippen LogP) is 3.72. The van der Waals surface area contributed by atoms with Gasteiger partial charge in [-0.3, -0.25) is 4.79 Å². The standard InChI is InChI=1S/C20H19F2NO4/c1-12(20(25)26)27-18-7-5-14(21)11-16(18)13-4-6-15(17(22)10-13)19(24)23-8-2-3-9-23/h4-7,10-12H,2-3,8-9H2,1H3,(H,25,26)/t12-/m0/s1. The number of hydrogen-bond acceptors (Lipinski definition) is 3. The second-order valence-corrected chi connectivity index (χ2v) is 6.43. The number of benzene rings is 2. The maximum Gasteiger partial charge on any atom is 0.344 e. The average Bonchev–Trinajstić information content (AvgIpc) is 3.17. The quantitative estimate of drug-likeness (QED) is 0.865. The molecule has 1 aliphatic rings. The van der Waals surface area contributed by atoms with Gasteiger partial charge >= 0.3 is 5.97 Å². The van der Waals surface area contributed by atoms with Crippen LogP contribution in [-0.2, 0) is 4.79 Å². The van der Waals surface area contributed by atoms with E-state index in [9.17, 15) is 18.4 Å². The van der Waals surface area contributed by atoms with Gasteiger partial charge in [0.1, 0.15) is 17.4 Å². The molecule has 0 unspecified atom stereocenters. The van der Waals surface area contributed by atoms with Gasteiger partial charge in [-0.1, -0.05) is 6.07 Å². The number of carbonyl (C=O) groups excluding carboxylic acids is 1. The van der Waals surface area contributed by atoms with Gasteiger partial charge in [0.2, 0.25) is 0 Å². The smallest absolute Gasteiger partial charge is 0.344 e. The lowest BCUT2D eigenvalue weighted by molar-refractivity contribution is -0.144. The van der Waals surface area contributed by atoms with Crippen molar-refractivity contribution in [1.82, 2.24) is 4.90 Å². The number of hydrogen-bond donors (Lipinski definition) is 1. The summed E-state index contributed by atoms with van der Waals surface area (Å²) in [5, 5.41) is 9.00. The van der Waals surface area contributed by atoms with Crippen molar-refractivity contribution in [2.45, 2.75) is 25.9 Å². The van der Waals surface area contributed by atoms with E-state index in [1.165, 1.54) is 25.1 Å². The molecule has 0 bridgehead atoms. The molecule has 0 aliphatic carbocycles. The van der Waals surface area contributed by atoms with Crippen molar-refractivity contribution in [1.29, 1.82) is 0 Å². The summed E-state index contributed by atoms with van der Waals surface area (Å²) in [4.78, 5) is 25.0. The zero-order chi connectivity index (χ0) is 19.6. The van der Waals surface area contributed by atoms with Gasteiger partial charge in [-0.25, -0.2) is 13.6 Å². The van der Waals surface area contributed by atoms with Gasteiger partial charge in [-0.15, -0.1) is 0 Å². The fourth-order valence-corrected chi connectivity index (χ4v) is 3.02. The molecule has 2 aromatic carbocycles. The SMILES string of the molecule is C[C@H](Oc1ccc(F)cc1-c1ccc(C(=O)N2CCCC2)c(F)c1)C(=O)O. The highest BCUT2D eigenvalue weighted by Crippen LogP contribution is 2.33. The average molecular weight is 375 g/mol. The number of carboxylic acid groups (broad SMARTS) is 1. The maximum atomic E-state index is 14.6. The van der Waals surface area contributed by atoms with Gasteiger partial charge < -0.3 is 14.7 Å². The predicted molar refractivity (Wildman–Crippen MR) is 94.7 cm³/mol. The molecule has 7 heteroatoms. The van der Waals surface area contributed by atoms with E-state index in [4.69, 9.17) is 9.84 Å². The van der Waals surface area contributed by atoms with E-state index in [-0.39, 0.29) is 28.3 Å². The molecule has 5 nitrogen and oxygen atoms in total. The second-order valence-electron chi connectivity index (χ2n) is 6.43. The molecule has 1 atom stereocenters. The Balaban J connectivity index is 1.94. The summed E-state index contributed by atoms with van der Waals surface area (Å²) in [6.07, 6.45) is 0.643. The fourth-order valence-electron chi connectivity index (χ4n) is 3.02. The first-order valence-corrected chi connectivity index (χ1v) is 8.65. The lowest BCUT2D eigenvalue weighted by Gasteiger charge is -2.17. The van der Waals surface area contributed by atoms with Crippen LogP contribution in [0.2, 0.25) is 0 Å². The summed E-state index contributed by atoms with van der Waals surface area (Å²) in [5.74, 6) is -2.72. The molecule has 0 radical (unpaired) electrons. The summed E-state index contributed by atoms with van der Waals surface area (Å²) < 4.78 is 33.7. The topological polar surface area (TPSA) is 66.8 Å². The third kappa shape index (κ3) is 4.07. The molecule has 1 heterocycles. The summed E-state index contributed by atoms with van der Waals surface area (Å²) in [7, 11) is 0. The van der Waals surface area contributed by atoms with Crippen molar-refractivity contribution in [2.24, 2.45) is 0 Å². The van der Waals surface area contributed by atoms with Crippen molar-refractivity contribution >= 4 is 11.9 Å². The minimum absolute atomic E-state index is 0.0431. The number of carboxylic acids is 1. The number of likely N-dealkylation sites (tertiary alicyclic amines) is 1. The Hall–Kier alpha value is -2.96. The zero-order valence-electron chi connectivity index (χ0n) is 14.7. The van der Waals surface area contributed by atoms with Gasteiger partial charge in [0.05, 0.1) is 5.56 Å². The Morgan fingerprint density at radius 2 is 1.81 bits per heavy atom. The van der Waals surface area contributed by atoms with E-state index in [2.05, 4.69) is 0 Å². The maximum absolute atomic E-state index is 14.6. The molecule has 0 spiro atoms. The molecule has 1 N–H and O–H groups in total. The first kappa shape index (κ1) is 18.8. The van der Waals surface area contributed by atoms with Crippen molar-refractivity contribution in [3.05, 3.63) is 53.6 Å². The third-order valence-corrected chi connectivity index (χ3v) is 4.50. The highest BCUT2D eigenvalue weighted by Gasteiger charge is 2.23. The number of rotatable bonds is 5. The summed E-state index contributed by atoms with van der Waals surface area (Å²) in [6, 6.07) is 7.57. The largest absolute Gasteiger partial charge is 0.479 e. The molecule has 27 heavy (non-hydrogen) atoms. The van der Waals surface area contributed by atoms with Crippen LogP contribution in [0.15, 0.2) is 36.4 Å². The number of halogens is 2. The molecule has 2 aromatic rings. The highest BCUT2D eigenvalue weighted by atomic mass is 19.1. The van der Waals surface area contributed by atoms with E-state index >= 15 is 0 Å². The molecule has 0 aromatic heterocycles. The normalized spacial score (nSPS) is 14.9. The molecule has 142 valence electrons. The van der Waals surface area contributed by atoms with E-state index in [0.29, 0.717) is 13.1 Å². The molecule has 3 rings (SSSR count). The van der Waals surface area contributed by atoms with Gasteiger partial charge in [0.15, 0.2) is 6.10 Å². The lowest BCUT2D eigenvalue weighted by Crippen LogP contribution is -2.28. The summed E-state index contributed by atoms with van der Waals surface area (Å²) in [5.41, 5.74) is 0.457. The third-order valence-electron chi connectivity index (χ3n) is 4.50. The molecule has 1 saturated heterocycles. The minimum Gasteiger partial charge on any atom is -0.479 e. The molecular weight excluding hydrogens is 356 g/mol. The Morgan fingerprint density at radius 1 is 1.11 bits per heavy atom. The number of ether oxygens (including phenoxy) is 1. The van der Waals surface area contributed by atoms with Crippen LogP contribution >= 0.6 is 0 Å². The number of carbonyl (C=O) groups is 2. The van der Waals surface area contributed by atoms with Crippen LogP contribution < -0.4 is 4.74 Å². The van der Waals surface area contributed by atoms with Crippen molar-refractivity contribution < 1.29 is 28.2 Å². The van der Waals surface area contributed by atoms with Crippen LogP contribution in [-0.4, -0.2) is 41.1 Å². The monoisotopic (exact) mass is 375 g/mol. The first-order chi connectivity index (χ1) is 12.9. The van der Waals surface area contributed by atoms with Crippen LogP contribution in [0, 0.1) is 11.6 Å². The highest BCUT2D eigenvalue weighted by molar-refractivity contribution is 5.95. The fraction of sp³-hybridized carbons (Fsp3) is 0.300. The second kappa shape index (κ2) is 7.73. The Labute approximate surface area is 155 Å². The van der Waals surface area contributed by atoms with Crippen LogP contribution in [0.1, 0.15) is 30.1 Å². The molecule has 1 aliphatic heterocycles. The minimum atomic E-state index is -1.18. The van der Waals surface area contributed by atoms with E-state index < -0.39 is 23.7 Å². The Morgan fingerprint density at radius 3 is 2.44 bits per heavy atom.